The molecule has 0 saturated carbocycles. The second-order valence-electron chi connectivity index (χ2n) is 5.65. The first kappa shape index (κ1) is 13.2. The standard InChI is InChI=1S/C17H13N3OS/c18-9-17(11-4-2-1-3-5-11)7-6-12-13(8-17)22-16-14(12)15(21)19-10-20-16/h1-5,10H,6-8H2,(H,19,20,21). The molecule has 108 valence electrons. The molecule has 0 aliphatic heterocycles. The van der Waals surface area contributed by atoms with E-state index in [4.69, 9.17) is 0 Å². The lowest BCUT2D eigenvalue weighted by atomic mass is 9.70. The average Bonchev–Trinajstić information content (AvgIpc) is 2.94. The molecule has 1 unspecified atom stereocenters. The predicted octanol–water partition coefficient (Wildman–Crippen LogP) is 2.93. The minimum Gasteiger partial charge on any atom is -0.313 e. The summed E-state index contributed by atoms with van der Waals surface area (Å²) in [5.74, 6) is 0. The van der Waals surface area contributed by atoms with Gasteiger partial charge >= 0.3 is 0 Å². The summed E-state index contributed by atoms with van der Waals surface area (Å²) in [4.78, 5) is 20.9. The maximum atomic E-state index is 12.1. The molecule has 4 rings (SSSR count). The summed E-state index contributed by atoms with van der Waals surface area (Å²) < 4.78 is 0. The Bertz CT molecular complexity index is 951. The molecule has 0 bridgehead atoms. The van der Waals surface area contributed by atoms with Crippen LogP contribution < -0.4 is 5.56 Å². The monoisotopic (exact) mass is 307 g/mol. The summed E-state index contributed by atoms with van der Waals surface area (Å²) in [5.41, 5.74) is 1.56. The van der Waals surface area contributed by atoms with Crippen LogP contribution >= 0.6 is 11.3 Å². The van der Waals surface area contributed by atoms with Crippen molar-refractivity contribution < 1.29 is 0 Å². The smallest absolute Gasteiger partial charge is 0.259 e. The van der Waals surface area contributed by atoms with Gasteiger partial charge in [0.25, 0.3) is 5.56 Å². The van der Waals surface area contributed by atoms with Gasteiger partial charge in [0.2, 0.25) is 0 Å². The molecule has 1 aliphatic carbocycles. The van der Waals surface area contributed by atoms with Crippen LogP contribution in [0, 0.1) is 11.3 Å². The molecule has 22 heavy (non-hydrogen) atoms. The van der Waals surface area contributed by atoms with Crippen LogP contribution in [-0.2, 0) is 18.3 Å². The second kappa shape index (κ2) is 4.79. The van der Waals surface area contributed by atoms with Gasteiger partial charge in [-0.3, -0.25) is 4.79 Å². The number of aromatic nitrogens is 2. The lowest BCUT2D eigenvalue weighted by molar-refractivity contribution is 0.480. The highest BCUT2D eigenvalue weighted by Gasteiger charge is 2.38. The highest BCUT2D eigenvalue weighted by molar-refractivity contribution is 7.18. The zero-order valence-electron chi connectivity index (χ0n) is 11.8. The van der Waals surface area contributed by atoms with Crippen LogP contribution in [0.1, 0.15) is 22.4 Å². The number of aryl methyl sites for hydroxylation is 1. The van der Waals surface area contributed by atoms with Crippen LogP contribution in [-0.4, -0.2) is 9.97 Å². The number of hydrogen-bond donors (Lipinski definition) is 1. The average molecular weight is 307 g/mol. The van der Waals surface area contributed by atoms with Gasteiger partial charge in [-0.05, 0) is 24.0 Å². The van der Waals surface area contributed by atoms with Crippen LogP contribution in [0.3, 0.4) is 0 Å². The third kappa shape index (κ3) is 1.81. The molecule has 1 aliphatic rings. The fourth-order valence-corrected chi connectivity index (χ4v) is 4.62. The van der Waals surface area contributed by atoms with Gasteiger partial charge in [0.15, 0.2) is 0 Å². The minimum absolute atomic E-state index is 0.0772. The molecule has 5 heteroatoms. The van der Waals surface area contributed by atoms with Crippen LogP contribution in [0.2, 0.25) is 0 Å². The molecule has 1 aromatic carbocycles. The van der Waals surface area contributed by atoms with E-state index in [0.717, 1.165) is 33.7 Å². The number of fused-ring (bicyclic) bond motifs is 3. The highest BCUT2D eigenvalue weighted by atomic mass is 32.1. The van der Waals surface area contributed by atoms with Gasteiger partial charge in [-0.2, -0.15) is 5.26 Å². The Hall–Kier alpha value is -2.45. The van der Waals surface area contributed by atoms with E-state index < -0.39 is 5.41 Å². The zero-order chi connectivity index (χ0) is 15.2. The van der Waals surface area contributed by atoms with Crippen molar-refractivity contribution in [3.63, 3.8) is 0 Å². The molecule has 0 fully saturated rings. The predicted molar refractivity (Wildman–Crippen MR) is 86.0 cm³/mol. The first-order chi connectivity index (χ1) is 10.7. The molecular formula is C17H13N3OS. The number of nitrogens with zero attached hydrogens (tertiary/aromatic N) is 2. The zero-order valence-corrected chi connectivity index (χ0v) is 12.6. The van der Waals surface area contributed by atoms with Crippen molar-refractivity contribution in [1.82, 2.24) is 9.97 Å². The molecule has 4 nitrogen and oxygen atoms in total. The molecule has 3 aromatic rings. The second-order valence-corrected chi connectivity index (χ2v) is 6.74. The number of thiophene rings is 1. The lowest BCUT2D eigenvalue weighted by Gasteiger charge is -2.31. The SMILES string of the molecule is N#CC1(c2ccccc2)CCc2c(sc3nc[nH]c(=O)c23)C1. The van der Waals surface area contributed by atoms with Crippen molar-refractivity contribution in [1.29, 1.82) is 5.26 Å². The number of hydrogen-bond acceptors (Lipinski definition) is 4. The van der Waals surface area contributed by atoms with Gasteiger partial charge in [0, 0.05) is 11.3 Å². The van der Waals surface area contributed by atoms with Gasteiger partial charge in [-0.25, -0.2) is 4.98 Å². The molecule has 0 saturated heterocycles. The number of nitrogens with one attached hydrogen (secondary N) is 1. The summed E-state index contributed by atoms with van der Waals surface area (Å²) in [6.07, 6.45) is 3.58. The molecule has 1 atom stereocenters. The minimum atomic E-state index is -0.498. The van der Waals surface area contributed by atoms with E-state index in [0.29, 0.717) is 11.8 Å². The third-order valence-corrected chi connectivity index (χ3v) is 5.62. The highest BCUT2D eigenvalue weighted by Crippen LogP contribution is 2.42. The lowest BCUT2D eigenvalue weighted by Crippen LogP contribution is -2.31. The van der Waals surface area contributed by atoms with Gasteiger partial charge < -0.3 is 4.98 Å². The maximum absolute atomic E-state index is 12.1. The maximum Gasteiger partial charge on any atom is 0.259 e. The summed E-state index contributed by atoms with van der Waals surface area (Å²) in [7, 11) is 0. The van der Waals surface area contributed by atoms with Crippen molar-refractivity contribution in [2.24, 2.45) is 0 Å². The third-order valence-electron chi connectivity index (χ3n) is 4.48. The van der Waals surface area contributed by atoms with E-state index in [2.05, 4.69) is 16.0 Å². The van der Waals surface area contributed by atoms with E-state index >= 15 is 0 Å². The van der Waals surface area contributed by atoms with Crippen molar-refractivity contribution in [3.05, 3.63) is 63.0 Å². The van der Waals surface area contributed by atoms with E-state index in [1.807, 2.05) is 30.3 Å². The van der Waals surface area contributed by atoms with Gasteiger partial charge in [-0.15, -0.1) is 11.3 Å². The van der Waals surface area contributed by atoms with E-state index in [1.165, 1.54) is 6.33 Å². The number of aromatic amines is 1. The largest absolute Gasteiger partial charge is 0.313 e. The molecule has 0 spiro atoms. The van der Waals surface area contributed by atoms with Crippen LogP contribution in [0.25, 0.3) is 10.2 Å². The normalized spacial score (nSPS) is 20.5. The van der Waals surface area contributed by atoms with E-state index in [1.54, 1.807) is 11.3 Å². The van der Waals surface area contributed by atoms with Crippen molar-refractivity contribution >= 4 is 21.6 Å². The Kier molecular flexibility index (Phi) is 2.88. The summed E-state index contributed by atoms with van der Waals surface area (Å²) >= 11 is 1.54. The van der Waals surface area contributed by atoms with Gasteiger partial charge in [-0.1, -0.05) is 30.3 Å². The molecule has 2 aromatic heterocycles. The van der Waals surface area contributed by atoms with Crippen LogP contribution in [0.4, 0.5) is 0 Å². The summed E-state index contributed by atoms with van der Waals surface area (Å²) in [6.45, 7) is 0. The molecular weight excluding hydrogens is 294 g/mol. The number of nitriles is 1. The van der Waals surface area contributed by atoms with Crippen molar-refractivity contribution in [2.75, 3.05) is 0 Å². The van der Waals surface area contributed by atoms with Crippen LogP contribution in [0.15, 0.2) is 41.5 Å². The Morgan fingerprint density at radius 2 is 2.14 bits per heavy atom. The van der Waals surface area contributed by atoms with E-state index in [-0.39, 0.29) is 5.56 Å². The molecule has 0 radical (unpaired) electrons. The number of benzene rings is 1. The summed E-state index contributed by atoms with van der Waals surface area (Å²) in [5, 5.41) is 10.5. The topological polar surface area (TPSA) is 69.5 Å². The molecule has 1 N–H and O–H groups in total. The van der Waals surface area contributed by atoms with Crippen molar-refractivity contribution in [2.45, 2.75) is 24.7 Å². The Morgan fingerprint density at radius 3 is 2.91 bits per heavy atom. The first-order valence-electron chi connectivity index (χ1n) is 7.18. The quantitative estimate of drug-likeness (QED) is 0.751. The number of rotatable bonds is 1. The first-order valence-corrected chi connectivity index (χ1v) is 8.00. The Morgan fingerprint density at radius 1 is 1.32 bits per heavy atom. The fraction of sp³-hybridized carbons (Fsp3) is 0.235. The Labute approximate surface area is 131 Å². The molecule has 0 amide bonds. The van der Waals surface area contributed by atoms with Gasteiger partial charge in [0.05, 0.1) is 23.2 Å². The molecule has 2 heterocycles. The van der Waals surface area contributed by atoms with Crippen LogP contribution in [0.5, 0.6) is 0 Å². The number of H-pyrrole nitrogens is 1. The van der Waals surface area contributed by atoms with E-state index in [9.17, 15) is 10.1 Å². The van der Waals surface area contributed by atoms with Gasteiger partial charge in [0.1, 0.15) is 4.83 Å². The van der Waals surface area contributed by atoms with Crippen molar-refractivity contribution in [3.8, 4) is 6.07 Å². The Balaban J connectivity index is 1.88. The summed E-state index contributed by atoms with van der Waals surface area (Å²) in [6, 6.07) is 12.5. The fourth-order valence-electron chi connectivity index (χ4n) is 3.32.